The first-order valence-corrected chi connectivity index (χ1v) is 5.48. The van der Waals surface area contributed by atoms with Crippen LogP contribution >= 0.6 is 11.8 Å². The Morgan fingerprint density at radius 1 is 1.36 bits per heavy atom. The van der Waals surface area contributed by atoms with Gasteiger partial charge in [-0.3, -0.25) is 0 Å². The molecular formula is C9H13NS. The lowest BCUT2D eigenvalue weighted by Gasteiger charge is -2.13. The van der Waals surface area contributed by atoms with Gasteiger partial charge in [-0.25, -0.2) is 0 Å². The van der Waals surface area contributed by atoms with Crippen molar-refractivity contribution in [2.75, 3.05) is 5.75 Å². The Morgan fingerprint density at radius 3 is 2.64 bits per heavy atom. The maximum Gasteiger partial charge on any atom is 0.0670 e. The minimum Gasteiger partial charge on any atom is -0.198 e. The summed E-state index contributed by atoms with van der Waals surface area (Å²) < 4.78 is 0. The average Bonchev–Trinajstić information content (AvgIpc) is 2.68. The second-order valence-corrected chi connectivity index (χ2v) is 4.89. The number of rotatable bonds is 2. The van der Waals surface area contributed by atoms with Crippen molar-refractivity contribution < 1.29 is 0 Å². The minimum atomic E-state index is 0.391. The molecular weight excluding hydrogens is 154 g/mol. The van der Waals surface area contributed by atoms with Gasteiger partial charge < -0.3 is 0 Å². The van der Waals surface area contributed by atoms with Crippen molar-refractivity contribution in [1.82, 2.24) is 0 Å². The summed E-state index contributed by atoms with van der Waals surface area (Å²) in [5.41, 5.74) is 0. The Balaban J connectivity index is 1.94. The summed E-state index contributed by atoms with van der Waals surface area (Å²) in [5.74, 6) is 2.45. The molecule has 0 radical (unpaired) electrons. The van der Waals surface area contributed by atoms with Crippen LogP contribution in [0.4, 0.5) is 0 Å². The van der Waals surface area contributed by atoms with Crippen LogP contribution in [0.15, 0.2) is 0 Å². The van der Waals surface area contributed by atoms with Crippen molar-refractivity contribution in [2.45, 2.75) is 30.9 Å². The molecule has 0 bridgehead atoms. The van der Waals surface area contributed by atoms with Gasteiger partial charge >= 0.3 is 0 Å². The van der Waals surface area contributed by atoms with Crippen LogP contribution in [0.3, 0.4) is 0 Å². The van der Waals surface area contributed by atoms with E-state index in [1.807, 2.05) is 11.8 Å². The molecule has 1 saturated carbocycles. The first-order chi connectivity index (χ1) is 5.42. The summed E-state index contributed by atoms with van der Waals surface area (Å²) in [6, 6.07) is 2.49. The zero-order valence-corrected chi connectivity index (χ0v) is 7.44. The van der Waals surface area contributed by atoms with Crippen molar-refractivity contribution >= 4 is 11.8 Å². The third-order valence-electron chi connectivity index (χ3n) is 2.64. The van der Waals surface area contributed by atoms with Gasteiger partial charge in [0, 0.05) is 5.25 Å². The topological polar surface area (TPSA) is 23.8 Å². The molecule has 0 spiro atoms. The molecule has 11 heavy (non-hydrogen) atoms. The quantitative estimate of drug-likeness (QED) is 0.630. The molecule has 0 aromatic rings. The average molecular weight is 167 g/mol. The molecule has 2 unspecified atom stereocenters. The van der Waals surface area contributed by atoms with E-state index in [1.165, 1.54) is 31.4 Å². The Labute approximate surface area is 72.2 Å². The first kappa shape index (κ1) is 7.49. The van der Waals surface area contributed by atoms with Crippen LogP contribution in [-0.2, 0) is 0 Å². The van der Waals surface area contributed by atoms with E-state index >= 15 is 0 Å². The number of hydrogen-bond donors (Lipinski definition) is 0. The molecule has 0 amide bonds. The summed E-state index contributed by atoms with van der Waals surface area (Å²) in [5, 5.41) is 9.62. The Hall–Kier alpha value is -0.160. The maximum absolute atomic E-state index is 8.93. The normalized spacial score (nSPS) is 33.2. The van der Waals surface area contributed by atoms with Gasteiger partial charge in [0.15, 0.2) is 0 Å². The highest BCUT2D eigenvalue weighted by Gasteiger charge is 2.37. The highest BCUT2D eigenvalue weighted by Crippen LogP contribution is 2.44. The summed E-state index contributed by atoms with van der Waals surface area (Å²) in [6.07, 6.45) is 5.25. The molecule has 2 heteroatoms. The number of thioether (sulfide) groups is 1. The van der Waals surface area contributed by atoms with Crippen LogP contribution in [0.2, 0.25) is 0 Å². The molecule has 60 valence electrons. The number of hydrogen-bond acceptors (Lipinski definition) is 2. The van der Waals surface area contributed by atoms with Gasteiger partial charge in [0.2, 0.25) is 0 Å². The van der Waals surface area contributed by atoms with Crippen molar-refractivity contribution in [3.63, 3.8) is 0 Å². The number of nitrogens with zero attached hydrogens (tertiary/aromatic N) is 1. The van der Waals surface area contributed by atoms with E-state index in [1.54, 1.807) is 0 Å². The van der Waals surface area contributed by atoms with E-state index in [2.05, 4.69) is 6.07 Å². The van der Waals surface area contributed by atoms with Gasteiger partial charge in [-0.15, -0.1) is 0 Å². The molecule has 2 rings (SSSR count). The van der Waals surface area contributed by atoms with Crippen LogP contribution in [0.1, 0.15) is 25.7 Å². The highest BCUT2D eigenvalue weighted by atomic mass is 32.2. The lowest BCUT2D eigenvalue weighted by atomic mass is 9.98. The SMILES string of the molecule is N#CC(C1CC1)C1CCCS1. The van der Waals surface area contributed by atoms with Gasteiger partial charge in [-0.1, -0.05) is 0 Å². The van der Waals surface area contributed by atoms with Crippen LogP contribution in [0.25, 0.3) is 0 Å². The zero-order chi connectivity index (χ0) is 7.68. The van der Waals surface area contributed by atoms with Crippen molar-refractivity contribution in [3.05, 3.63) is 0 Å². The standard InChI is InChI=1S/C9H13NS/c10-6-8(7-3-4-7)9-2-1-5-11-9/h7-9H,1-5H2. The fourth-order valence-corrected chi connectivity index (χ4v) is 3.29. The third-order valence-corrected chi connectivity index (χ3v) is 4.13. The van der Waals surface area contributed by atoms with Crippen LogP contribution < -0.4 is 0 Å². The predicted molar refractivity (Wildman–Crippen MR) is 47.3 cm³/mol. The van der Waals surface area contributed by atoms with Crippen LogP contribution in [-0.4, -0.2) is 11.0 Å². The molecule has 1 aliphatic carbocycles. The van der Waals surface area contributed by atoms with E-state index in [-0.39, 0.29) is 0 Å². The van der Waals surface area contributed by atoms with Gasteiger partial charge in [-0.2, -0.15) is 17.0 Å². The molecule has 1 heterocycles. The molecule has 2 aliphatic rings. The maximum atomic E-state index is 8.93. The molecule has 0 N–H and O–H groups in total. The van der Waals surface area contributed by atoms with Gasteiger partial charge in [0.05, 0.1) is 12.0 Å². The van der Waals surface area contributed by atoms with E-state index in [9.17, 15) is 0 Å². The molecule has 2 atom stereocenters. The highest BCUT2D eigenvalue weighted by molar-refractivity contribution is 8.00. The fraction of sp³-hybridized carbons (Fsp3) is 0.889. The monoisotopic (exact) mass is 167 g/mol. The summed E-state index contributed by atoms with van der Waals surface area (Å²) >= 11 is 2.02. The summed E-state index contributed by atoms with van der Waals surface area (Å²) in [7, 11) is 0. The second kappa shape index (κ2) is 3.06. The molecule has 2 fully saturated rings. The third kappa shape index (κ3) is 1.54. The summed E-state index contributed by atoms with van der Waals surface area (Å²) in [6.45, 7) is 0. The largest absolute Gasteiger partial charge is 0.198 e. The molecule has 1 nitrogen and oxygen atoms in total. The summed E-state index contributed by atoms with van der Waals surface area (Å²) in [4.78, 5) is 0. The molecule has 1 aliphatic heterocycles. The molecule has 1 saturated heterocycles. The van der Waals surface area contributed by atoms with Gasteiger partial charge in [0.1, 0.15) is 0 Å². The lowest BCUT2D eigenvalue weighted by Crippen LogP contribution is -2.14. The lowest BCUT2D eigenvalue weighted by molar-refractivity contribution is 0.539. The van der Waals surface area contributed by atoms with Crippen LogP contribution in [0, 0.1) is 23.2 Å². The second-order valence-electron chi connectivity index (χ2n) is 3.54. The van der Waals surface area contributed by atoms with Crippen molar-refractivity contribution in [1.29, 1.82) is 5.26 Å². The minimum absolute atomic E-state index is 0.391. The van der Waals surface area contributed by atoms with E-state index < -0.39 is 0 Å². The smallest absolute Gasteiger partial charge is 0.0670 e. The number of nitriles is 1. The van der Waals surface area contributed by atoms with Crippen molar-refractivity contribution in [2.24, 2.45) is 11.8 Å². The predicted octanol–water partition coefficient (Wildman–Crippen LogP) is 2.43. The van der Waals surface area contributed by atoms with E-state index in [0.29, 0.717) is 11.2 Å². The Bertz CT molecular complexity index is 174. The van der Waals surface area contributed by atoms with Crippen LogP contribution in [0.5, 0.6) is 0 Å². The first-order valence-electron chi connectivity index (χ1n) is 4.43. The van der Waals surface area contributed by atoms with Crippen molar-refractivity contribution in [3.8, 4) is 6.07 Å². The fourth-order valence-electron chi connectivity index (χ4n) is 1.83. The van der Waals surface area contributed by atoms with E-state index in [4.69, 9.17) is 5.26 Å². The van der Waals surface area contributed by atoms with Gasteiger partial charge in [-0.05, 0) is 37.4 Å². The van der Waals surface area contributed by atoms with Gasteiger partial charge in [0.25, 0.3) is 0 Å². The molecule has 0 aromatic carbocycles. The zero-order valence-electron chi connectivity index (χ0n) is 6.62. The Kier molecular flexibility index (Phi) is 2.09. The molecule has 0 aromatic heterocycles. The van der Waals surface area contributed by atoms with E-state index in [0.717, 1.165) is 5.92 Å². The Morgan fingerprint density at radius 2 is 2.18 bits per heavy atom.